The van der Waals surface area contributed by atoms with Gasteiger partial charge in [0.2, 0.25) is 0 Å². The van der Waals surface area contributed by atoms with Crippen molar-refractivity contribution >= 4 is 30.0 Å². The molecule has 0 bridgehead atoms. The van der Waals surface area contributed by atoms with E-state index >= 15 is 0 Å². The van der Waals surface area contributed by atoms with Crippen LogP contribution in [0.1, 0.15) is 48.9 Å². The second kappa shape index (κ2) is 8.35. The fraction of sp³-hybridized carbons (Fsp3) is 0.529. The molecule has 7 heteroatoms. The number of amides is 3. The minimum Gasteiger partial charge on any atom is -0.349 e. The highest BCUT2D eigenvalue weighted by molar-refractivity contribution is 5.97. The zero-order valence-corrected chi connectivity index (χ0v) is 14.4. The van der Waals surface area contributed by atoms with Gasteiger partial charge in [0.25, 0.3) is 5.91 Å². The molecule has 0 unspecified atom stereocenters. The normalized spacial score (nSPS) is 22.9. The van der Waals surface area contributed by atoms with Crippen molar-refractivity contribution in [3.63, 3.8) is 0 Å². The maximum absolute atomic E-state index is 12.3. The monoisotopic (exact) mass is 352 g/mol. The van der Waals surface area contributed by atoms with Crippen molar-refractivity contribution in [2.24, 2.45) is 5.73 Å². The molecular formula is C17H25ClN4O2. The molecule has 0 radical (unpaired) electrons. The number of rotatable bonds is 4. The minimum absolute atomic E-state index is 0. The Hall–Kier alpha value is -1.79. The summed E-state index contributed by atoms with van der Waals surface area (Å²) >= 11 is 0. The van der Waals surface area contributed by atoms with Gasteiger partial charge in [-0.3, -0.25) is 4.79 Å². The molecular weight excluding hydrogens is 328 g/mol. The Morgan fingerprint density at radius 1 is 0.958 bits per heavy atom. The molecule has 2 aliphatic rings. The third kappa shape index (κ3) is 5.39. The van der Waals surface area contributed by atoms with E-state index in [2.05, 4.69) is 16.0 Å². The predicted octanol–water partition coefficient (Wildman–Crippen LogP) is 2.39. The maximum Gasteiger partial charge on any atom is 0.319 e. The number of carbonyl (C=O) groups excluding carboxylic acids is 2. The Labute approximate surface area is 148 Å². The van der Waals surface area contributed by atoms with E-state index < -0.39 is 0 Å². The molecule has 0 atom stereocenters. The van der Waals surface area contributed by atoms with Gasteiger partial charge in [0.1, 0.15) is 0 Å². The van der Waals surface area contributed by atoms with Gasteiger partial charge in [-0.1, -0.05) is 6.07 Å². The second-order valence-corrected chi connectivity index (χ2v) is 6.54. The Morgan fingerprint density at radius 2 is 1.58 bits per heavy atom. The van der Waals surface area contributed by atoms with Crippen molar-refractivity contribution in [1.29, 1.82) is 0 Å². The number of hydrogen-bond donors (Lipinski definition) is 4. The van der Waals surface area contributed by atoms with Crippen molar-refractivity contribution < 1.29 is 9.59 Å². The molecule has 2 fully saturated rings. The SMILES string of the molecule is Cl.NC1CCC(NC(=O)c2cccc(NC(=O)NC3CC3)c2)CC1. The lowest BCUT2D eigenvalue weighted by atomic mass is 9.91. The Morgan fingerprint density at radius 3 is 2.25 bits per heavy atom. The number of anilines is 1. The van der Waals surface area contributed by atoms with Gasteiger partial charge in [-0.05, 0) is 56.7 Å². The highest BCUT2D eigenvalue weighted by Gasteiger charge is 2.23. The van der Waals surface area contributed by atoms with E-state index in [1.165, 1.54) is 0 Å². The molecule has 0 aromatic heterocycles. The van der Waals surface area contributed by atoms with Gasteiger partial charge in [-0.2, -0.15) is 0 Å². The first-order valence-electron chi connectivity index (χ1n) is 8.34. The quantitative estimate of drug-likeness (QED) is 0.670. The highest BCUT2D eigenvalue weighted by Crippen LogP contribution is 2.20. The van der Waals surface area contributed by atoms with Gasteiger partial charge in [0.15, 0.2) is 0 Å². The third-order valence-electron chi connectivity index (χ3n) is 4.40. The molecule has 0 saturated heterocycles. The van der Waals surface area contributed by atoms with Crippen molar-refractivity contribution in [2.45, 2.75) is 56.7 Å². The average molecular weight is 353 g/mol. The van der Waals surface area contributed by atoms with Crippen LogP contribution in [0.4, 0.5) is 10.5 Å². The summed E-state index contributed by atoms with van der Waals surface area (Å²) in [5, 5.41) is 8.69. The van der Waals surface area contributed by atoms with E-state index in [0.717, 1.165) is 38.5 Å². The Kier molecular flexibility index (Phi) is 6.45. The van der Waals surface area contributed by atoms with Crippen LogP contribution in [0.25, 0.3) is 0 Å². The summed E-state index contributed by atoms with van der Waals surface area (Å²) in [5.41, 5.74) is 7.07. The molecule has 24 heavy (non-hydrogen) atoms. The zero-order valence-electron chi connectivity index (χ0n) is 13.6. The average Bonchev–Trinajstić information content (AvgIpc) is 3.33. The molecule has 2 saturated carbocycles. The van der Waals surface area contributed by atoms with Crippen LogP contribution < -0.4 is 21.7 Å². The summed E-state index contributed by atoms with van der Waals surface area (Å²) < 4.78 is 0. The number of urea groups is 1. The minimum atomic E-state index is -0.216. The topological polar surface area (TPSA) is 96.2 Å². The van der Waals surface area contributed by atoms with E-state index in [-0.39, 0.29) is 36.4 Å². The molecule has 0 heterocycles. The van der Waals surface area contributed by atoms with Gasteiger partial charge in [0.05, 0.1) is 0 Å². The number of nitrogens with two attached hydrogens (primary N) is 1. The number of nitrogens with one attached hydrogen (secondary N) is 3. The molecule has 1 aromatic carbocycles. The molecule has 0 aliphatic heterocycles. The zero-order chi connectivity index (χ0) is 16.2. The Balaban J connectivity index is 0.00000208. The second-order valence-electron chi connectivity index (χ2n) is 6.54. The van der Waals surface area contributed by atoms with Crippen LogP contribution in [-0.2, 0) is 0 Å². The molecule has 3 rings (SSSR count). The third-order valence-corrected chi connectivity index (χ3v) is 4.40. The largest absolute Gasteiger partial charge is 0.349 e. The van der Waals surface area contributed by atoms with Gasteiger partial charge in [-0.15, -0.1) is 12.4 Å². The number of benzene rings is 1. The van der Waals surface area contributed by atoms with Crippen molar-refractivity contribution in [3.8, 4) is 0 Å². The lowest BCUT2D eigenvalue weighted by Gasteiger charge is -2.26. The standard InChI is InChI=1S/C17H24N4O2.ClH/c18-12-4-6-13(7-5-12)19-16(22)11-2-1-3-15(10-11)21-17(23)20-14-8-9-14;/h1-3,10,12-14H,4-9,18H2,(H,19,22)(H2,20,21,23);1H. The fourth-order valence-electron chi connectivity index (χ4n) is 2.85. The lowest BCUT2D eigenvalue weighted by molar-refractivity contribution is 0.0926. The summed E-state index contributed by atoms with van der Waals surface area (Å²) in [7, 11) is 0. The molecule has 3 amide bonds. The van der Waals surface area contributed by atoms with Crippen LogP contribution in [0.2, 0.25) is 0 Å². The highest BCUT2D eigenvalue weighted by atomic mass is 35.5. The van der Waals surface area contributed by atoms with Gasteiger partial charge >= 0.3 is 6.03 Å². The molecule has 1 aromatic rings. The summed E-state index contributed by atoms with van der Waals surface area (Å²) in [6.07, 6.45) is 5.84. The molecule has 6 nitrogen and oxygen atoms in total. The van der Waals surface area contributed by atoms with Gasteiger partial charge < -0.3 is 21.7 Å². The first-order chi connectivity index (χ1) is 11.1. The fourth-order valence-corrected chi connectivity index (χ4v) is 2.85. The van der Waals surface area contributed by atoms with E-state index in [4.69, 9.17) is 5.73 Å². The summed E-state index contributed by atoms with van der Waals surface area (Å²) in [4.78, 5) is 24.1. The van der Waals surface area contributed by atoms with Gasteiger partial charge in [0, 0.05) is 29.4 Å². The van der Waals surface area contributed by atoms with E-state index in [9.17, 15) is 9.59 Å². The molecule has 5 N–H and O–H groups in total. The van der Waals surface area contributed by atoms with Crippen molar-refractivity contribution in [2.75, 3.05) is 5.32 Å². The molecule has 0 spiro atoms. The Bertz CT molecular complexity index is 584. The van der Waals surface area contributed by atoms with E-state index in [0.29, 0.717) is 17.3 Å². The van der Waals surface area contributed by atoms with E-state index in [1.807, 2.05) is 0 Å². The van der Waals surface area contributed by atoms with Crippen LogP contribution in [0.15, 0.2) is 24.3 Å². The summed E-state index contributed by atoms with van der Waals surface area (Å²) in [6, 6.07) is 7.56. The van der Waals surface area contributed by atoms with Crippen molar-refractivity contribution in [1.82, 2.24) is 10.6 Å². The van der Waals surface area contributed by atoms with Crippen LogP contribution in [0.3, 0.4) is 0 Å². The molecule has 2 aliphatic carbocycles. The predicted molar refractivity (Wildman–Crippen MR) is 96.6 cm³/mol. The van der Waals surface area contributed by atoms with Crippen molar-refractivity contribution in [3.05, 3.63) is 29.8 Å². The first-order valence-corrected chi connectivity index (χ1v) is 8.34. The molecule has 132 valence electrons. The smallest absolute Gasteiger partial charge is 0.319 e. The number of hydrogen-bond acceptors (Lipinski definition) is 3. The van der Waals surface area contributed by atoms with Crippen LogP contribution in [-0.4, -0.2) is 30.1 Å². The van der Waals surface area contributed by atoms with Crippen LogP contribution >= 0.6 is 12.4 Å². The van der Waals surface area contributed by atoms with Gasteiger partial charge in [-0.25, -0.2) is 4.79 Å². The van der Waals surface area contributed by atoms with E-state index in [1.54, 1.807) is 24.3 Å². The summed E-state index contributed by atoms with van der Waals surface area (Å²) in [6.45, 7) is 0. The maximum atomic E-state index is 12.3. The van der Waals surface area contributed by atoms with Crippen LogP contribution in [0.5, 0.6) is 0 Å². The summed E-state index contributed by atoms with van der Waals surface area (Å²) in [5.74, 6) is -0.100. The number of carbonyl (C=O) groups is 2. The number of halogens is 1. The lowest BCUT2D eigenvalue weighted by Crippen LogP contribution is -2.40. The first kappa shape index (κ1) is 18.5. The van der Waals surface area contributed by atoms with Crippen LogP contribution in [0, 0.1) is 0 Å².